The zero-order valence-electron chi connectivity index (χ0n) is 18.1. The molecular weight excluding hydrogens is 400 g/mol. The molecule has 0 aliphatic heterocycles. The molecule has 164 valence electrons. The van der Waals surface area contributed by atoms with E-state index in [4.69, 9.17) is 4.74 Å². The van der Waals surface area contributed by atoms with Crippen LogP contribution in [0.1, 0.15) is 24.0 Å². The number of rotatable bonds is 10. The standard InChI is InChI=1S/C27H28N2O3/c30-26(28-18-22-11-12-22)17-21-13-15-24(16-14-21)29(19-23-7-3-1-4-8-23)27(31)20-32-25-9-5-2-6-10-25/h1-10,13-16,22H,11-12,17-20H2,(H,28,30). The molecule has 0 atom stereocenters. The number of nitrogens with one attached hydrogen (secondary N) is 1. The molecule has 1 aliphatic rings. The van der Waals surface area contributed by atoms with Crippen molar-refractivity contribution >= 4 is 17.5 Å². The number of carbonyl (C=O) groups is 2. The number of benzene rings is 3. The molecule has 4 rings (SSSR count). The smallest absolute Gasteiger partial charge is 0.265 e. The number of hydrogen-bond donors (Lipinski definition) is 1. The monoisotopic (exact) mass is 428 g/mol. The summed E-state index contributed by atoms with van der Waals surface area (Å²) in [5.41, 5.74) is 2.73. The SMILES string of the molecule is O=C(Cc1ccc(N(Cc2ccccc2)C(=O)COc2ccccc2)cc1)NCC1CC1. The third-order valence-electron chi connectivity index (χ3n) is 5.49. The maximum Gasteiger partial charge on any atom is 0.265 e. The first-order valence-electron chi connectivity index (χ1n) is 11.0. The maximum absolute atomic E-state index is 13.1. The lowest BCUT2D eigenvalue weighted by molar-refractivity contribution is -0.121. The number of nitrogens with zero attached hydrogens (tertiary/aromatic N) is 1. The summed E-state index contributed by atoms with van der Waals surface area (Å²) < 4.78 is 5.69. The molecule has 1 fully saturated rings. The average Bonchev–Trinajstić information content (AvgIpc) is 3.66. The number of ether oxygens (including phenoxy) is 1. The van der Waals surface area contributed by atoms with Gasteiger partial charge in [-0.25, -0.2) is 0 Å². The summed E-state index contributed by atoms with van der Waals surface area (Å²) in [7, 11) is 0. The molecule has 0 aromatic heterocycles. The lowest BCUT2D eigenvalue weighted by Crippen LogP contribution is -2.34. The third-order valence-corrected chi connectivity index (χ3v) is 5.49. The molecule has 1 N–H and O–H groups in total. The van der Waals surface area contributed by atoms with Crippen LogP contribution in [0.2, 0.25) is 0 Å². The van der Waals surface area contributed by atoms with Gasteiger partial charge in [0.1, 0.15) is 5.75 Å². The van der Waals surface area contributed by atoms with Gasteiger partial charge in [0.25, 0.3) is 5.91 Å². The molecule has 0 bridgehead atoms. The number of anilines is 1. The Kier molecular flexibility index (Phi) is 7.18. The number of hydrogen-bond acceptors (Lipinski definition) is 3. The van der Waals surface area contributed by atoms with Gasteiger partial charge >= 0.3 is 0 Å². The van der Waals surface area contributed by atoms with Gasteiger partial charge in [0, 0.05) is 12.2 Å². The van der Waals surface area contributed by atoms with Gasteiger partial charge in [-0.05, 0) is 54.2 Å². The highest BCUT2D eigenvalue weighted by Crippen LogP contribution is 2.27. The van der Waals surface area contributed by atoms with Crippen molar-refractivity contribution in [2.24, 2.45) is 5.92 Å². The topological polar surface area (TPSA) is 58.6 Å². The summed E-state index contributed by atoms with van der Waals surface area (Å²) in [6, 6.07) is 26.8. The number of para-hydroxylation sites is 1. The quantitative estimate of drug-likeness (QED) is 0.522. The van der Waals surface area contributed by atoms with Gasteiger partial charge in [-0.2, -0.15) is 0 Å². The van der Waals surface area contributed by atoms with Crippen molar-refractivity contribution in [3.8, 4) is 5.75 Å². The molecule has 5 nitrogen and oxygen atoms in total. The Labute approximate surface area is 189 Å². The summed E-state index contributed by atoms with van der Waals surface area (Å²) in [4.78, 5) is 26.9. The first-order valence-corrected chi connectivity index (χ1v) is 11.0. The Bertz CT molecular complexity index is 1020. The highest BCUT2D eigenvalue weighted by Gasteiger charge is 2.21. The van der Waals surface area contributed by atoms with Gasteiger partial charge < -0.3 is 15.0 Å². The zero-order valence-corrected chi connectivity index (χ0v) is 18.1. The molecular formula is C27H28N2O3. The summed E-state index contributed by atoms with van der Waals surface area (Å²) >= 11 is 0. The highest BCUT2D eigenvalue weighted by atomic mass is 16.5. The Balaban J connectivity index is 1.43. The van der Waals surface area contributed by atoms with Crippen molar-refractivity contribution in [1.29, 1.82) is 0 Å². The van der Waals surface area contributed by atoms with E-state index >= 15 is 0 Å². The second kappa shape index (κ2) is 10.6. The van der Waals surface area contributed by atoms with Gasteiger partial charge in [0.15, 0.2) is 6.61 Å². The first kappa shape index (κ1) is 21.6. The minimum absolute atomic E-state index is 0.0399. The fourth-order valence-corrected chi connectivity index (χ4v) is 3.45. The first-order chi connectivity index (χ1) is 15.7. The van der Waals surface area contributed by atoms with Crippen molar-refractivity contribution < 1.29 is 14.3 Å². The molecule has 0 spiro atoms. The van der Waals surface area contributed by atoms with E-state index in [9.17, 15) is 9.59 Å². The molecule has 5 heteroatoms. The van der Waals surface area contributed by atoms with E-state index in [-0.39, 0.29) is 18.4 Å². The van der Waals surface area contributed by atoms with Crippen LogP contribution in [-0.4, -0.2) is 25.0 Å². The van der Waals surface area contributed by atoms with Crippen LogP contribution in [-0.2, 0) is 22.6 Å². The van der Waals surface area contributed by atoms with Crippen molar-refractivity contribution in [1.82, 2.24) is 5.32 Å². The van der Waals surface area contributed by atoms with Crippen LogP contribution in [0.3, 0.4) is 0 Å². The van der Waals surface area contributed by atoms with Gasteiger partial charge in [0.2, 0.25) is 5.91 Å². The zero-order chi connectivity index (χ0) is 22.2. The molecule has 3 aromatic rings. The summed E-state index contributed by atoms with van der Waals surface area (Å²) in [5, 5.41) is 2.99. The van der Waals surface area contributed by atoms with E-state index in [2.05, 4.69) is 5.32 Å². The van der Waals surface area contributed by atoms with E-state index in [1.165, 1.54) is 12.8 Å². The highest BCUT2D eigenvalue weighted by molar-refractivity contribution is 5.94. The molecule has 1 aliphatic carbocycles. The van der Waals surface area contributed by atoms with Gasteiger partial charge in [0.05, 0.1) is 13.0 Å². The van der Waals surface area contributed by atoms with Gasteiger partial charge in [-0.15, -0.1) is 0 Å². The average molecular weight is 429 g/mol. The summed E-state index contributed by atoms with van der Waals surface area (Å²) in [6.07, 6.45) is 2.78. The normalized spacial score (nSPS) is 12.8. The van der Waals surface area contributed by atoms with E-state index in [1.54, 1.807) is 4.90 Å². The fraction of sp³-hybridized carbons (Fsp3) is 0.259. The predicted molar refractivity (Wildman–Crippen MR) is 125 cm³/mol. The molecule has 2 amide bonds. The summed E-state index contributed by atoms with van der Waals surface area (Å²) in [6.45, 7) is 1.17. The van der Waals surface area contributed by atoms with Crippen molar-refractivity contribution in [3.05, 3.63) is 96.1 Å². The van der Waals surface area contributed by atoms with Crippen LogP contribution in [0.5, 0.6) is 5.75 Å². The number of amides is 2. The Morgan fingerprint density at radius 2 is 1.50 bits per heavy atom. The van der Waals surface area contributed by atoms with Gasteiger partial charge in [-0.1, -0.05) is 60.7 Å². The fourth-order valence-electron chi connectivity index (χ4n) is 3.45. The second-order valence-corrected chi connectivity index (χ2v) is 8.16. The van der Waals surface area contributed by atoms with E-state index in [0.29, 0.717) is 24.6 Å². The van der Waals surface area contributed by atoms with E-state index in [0.717, 1.165) is 23.4 Å². The van der Waals surface area contributed by atoms with E-state index < -0.39 is 0 Å². The van der Waals surface area contributed by atoms with Crippen LogP contribution < -0.4 is 15.0 Å². The van der Waals surface area contributed by atoms with Crippen LogP contribution in [0.15, 0.2) is 84.9 Å². The van der Waals surface area contributed by atoms with Crippen LogP contribution >= 0.6 is 0 Å². The third kappa shape index (κ3) is 6.45. The molecule has 32 heavy (non-hydrogen) atoms. The molecule has 0 heterocycles. The maximum atomic E-state index is 13.1. The number of carbonyl (C=O) groups excluding carboxylic acids is 2. The Morgan fingerprint density at radius 1 is 0.844 bits per heavy atom. The van der Waals surface area contributed by atoms with Crippen LogP contribution in [0, 0.1) is 5.92 Å². The molecule has 0 unspecified atom stereocenters. The van der Waals surface area contributed by atoms with Gasteiger partial charge in [-0.3, -0.25) is 9.59 Å². The molecule has 1 saturated carbocycles. The van der Waals surface area contributed by atoms with Crippen molar-refractivity contribution in [2.45, 2.75) is 25.8 Å². The summed E-state index contributed by atoms with van der Waals surface area (Å²) in [5.74, 6) is 1.23. The second-order valence-electron chi connectivity index (χ2n) is 8.16. The lowest BCUT2D eigenvalue weighted by atomic mass is 10.1. The Hall–Kier alpha value is -3.60. The largest absolute Gasteiger partial charge is 0.484 e. The van der Waals surface area contributed by atoms with Crippen molar-refractivity contribution in [2.75, 3.05) is 18.1 Å². The van der Waals surface area contributed by atoms with E-state index in [1.807, 2.05) is 84.9 Å². The van der Waals surface area contributed by atoms with Crippen LogP contribution in [0.4, 0.5) is 5.69 Å². The molecule has 3 aromatic carbocycles. The van der Waals surface area contributed by atoms with Crippen LogP contribution in [0.25, 0.3) is 0 Å². The Morgan fingerprint density at radius 3 is 2.16 bits per heavy atom. The minimum Gasteiger partial charge on any atom is -0.484 e. The molecule has 0 radical (unpaired) electrons. The predicted octanol–water partition coefficient (Wildman–Crippen LogP) is 4.37. The van der Waals surface area contributed by atoms with Crippen molar-refractivity contribution in [3.63, 3.8) is 0 Å². The lowest BCUT2D eigenvalue weighted by Gasteiger charge is -2.23. The molecule has 0 saturated heterocycles. The minimum atomic E-state index is -0.132.